The fourth-order valence-electron chi connectivity index (χ4n) is 2.50. The molecule has 1 fully saturated rings. The second-order valence-electron chi connectivity index (χ2n) is 4.76. The van der Waals surface area contributed by atoms with Crippen LogP contribution in [0.25, 0.3) is 0 Å². The molecule has 0 saturated carbocycles. The van der Waals surface area contributed by atoms with Crippen LogP contribution in [0.15, 0.2) is 18.2 Å². The Kier molecular flexibility index (Phi) is 5.32. The summed E-state index contributed by atoms with van der Waals surface area (Å²) in [6.07, 6.45) is 3.89. The Morgan fingerprint density at radius 1 is 1.33 bits per heavy atom. The topological polar surface area (TPSA) is 38.5 Å². The quantitative estimate of drug-likeness (QED) is 0.834. The third-order valence-corrected chi connectivity index (χ3v) is 3.77. The van der Waals surface area contributed by atoms with Gasteiger partial charge in [0.1, 0.15) is 5.75 Å². The molecule has 0 bridgehead atoms. The van der Waals surface area contributed by atoms with Crippen molar-refractivity contribution < 1.29 is 4.74 Å². The number of methoxy groups -OCH3 is 1. The summed E-state index contributed by atoms with van der Waals surface area (Å²) in [5, 5.41) is 0. The highest BCUT2D eigenvalue weighted by molar-refractivity contribution is 5.62. The van der Waals surface area contributed by atoms with Crippen LogP contribution in [0.1, 0.15) is 33.6 Å². The molecule has 1 saturated heterocycles. The summed E-state index contributed by atoms with van der Waals surface area (Å²) in [4.78, 5) is 2.42. The first-order valence-corrected chi connectivity index (χ1v) is 6.43. The molecule has 3 nitrogen and oxygen atoms in total. The van der Waals surface area contributed by atoms with Crippen molar-refractivity contribution in [1.82, 2.24) is 0 Å². The molecule has 0 aromatic heterocycles. The third kappa shape index (κ3) is 3.09. The molecule has 2 rings (SSSR count). The van der Waals surface area contributed by atoms with E-state index in [-0.39, 0.29) is 7.43 Å². The van der Waals surface area contributed by atoms with E-state index < -0.39 is 0 Å². The number of benzene rings is 1. The van der Waals surface area contributed by atoms with Crippen molar-refractivity contribution in [2.45, 2.75) is 33.6 Å². The van der Waals surface area contributed by atoms with E-state index in [1.54, 1.807) is 7.11 Å². The lowest BCUT2D eigenvalue weighted by Gasteiger charge is -2.33. The number of nitrogens with zero attached hydrogens (tertiary/aromatic N) is 1. The van der Waals surface area contributed by atoms with E-state index in [4.69, 9.17) is 10.5 Å². The Morgan fingerprint density at radius 2 is 2.00 bits per heavy atom. The molecule has 0 amide bonds. The zero-order valence-corrected chi connectivity index (χ0v) is 10.8. The van der Waals surface area contributed by atoms with Gasteiger partial charge in [-0.25, -0.2) is 0 Å². The summed E-state index contributed by atoms with van der Waals surface area (Å²) >= 11 is 0. The maximum Gasteiger partial charge on any atom is 0.143 e. The number of anilines is 2. The first-order valence-electron chi connectivity index (χ1n) is 6.43. The van der Waals surface area contributed by atoms with Gasteiger partial charge in [0.15, 0.2) is 0 Å². The molecule has 18 heavy (non-hydrogen) atoms. The van der Waals surface area contributed by atoms with Crippen LogP contribution >= 0.6 is 0 Å². The van der Waals surface area contributed by atoms with Crippen molar-refractivity contribution in [3.05, 3.63) is 18.2 Å². The van der Waals surface area contributed by atoms with Gasteiger partial charge in [-0.15, -0.1) is 0 Å². The van der Waals surface area contributed by atoms with Crippen LogP contribution in [0.3, 0.4) is 0 Å². The highest BCUT2D eigenvalue weighted by Crippen LogP contribution is 2.30. The van der Waals surface area contributed by atoms with Crippen LogP contribution in [-0.4, -0.2) is 20.2 Å². The summed E-state index contributed by atoms with van der Waals surface area (Å²) < 4.78 is 5.27. The average molecular weight is 250 g/mol. The lowest BCUT2D eigenvalue weighted by molar-refractivity contribution is 0.393. The van der Waals surface area contributed by atoms with Crippen LogP contribution in [0.5, 0.6) is 5.75 Å². The number of piperidine rings is 1. The standard InChI is InChI=1S/C14H22N2O.CH4/c1-3-11-6-8-16(9-7-11)12-4-5-13(15)14(10-12)17-2;/h4-5,10-11H,3,6-9,15H2,1-2H3;1H4. The molecule has 0 radical (unpaired) electrons. The van der Waals surface area contributed by atoms with E-state index in [1.807, 2.05) is 12.1 Å². The van der Waals surface area contributed by atoms with E-state index in [0.29, 0.717) is 5.69 Å². The largest absolute Gasteiger partial charge is 0.495 e. The molecule has 1 aromatic carbocycles. The van der Waals surface area contributed by atoms with E-state index in [0.717, 1.165) is 24.8 Å². The first-order chi connectivity index (χ1) is 8.24. The highest BCUT2D eigenvalue weighted by atomic mass is 16.5. The molecule has 1 heterocycles. The summed E-state index contributed by atoms with van der Waals surface area (Å²) in [7, 11) is 1.67. The smallest absolute Gasteiger partial charge is 0.143 e. The van der Waals surface area contributed by atoms with E-state index >= 15 is 0 Å². The van der Waals surface area contributed by atoms with Gasteiger partial charge >= 0.3 is 0 Å². The van der Waals surface area contributed by atoms with Crippen LogP contribution < -0.4 is 15.4 Å². The van der Waals surface area contributed by atoms with Crippen molar-refractivity contribution in [3.63, 3.8) is 0 Å². The van der Waals surface area contributed by atoms with Gasteiger partial charge in [0, 0.05) is 24.8 Å². The molecule has 0 unspecified atom stereocenters. The van der Waals surface area contributed by atoms with Gasteiger partial charge in [-0.2, -0.15) is 0 Å². The predicted molar refractivity (Wildman–Crippen MR) is 79.4 cm³/mol. The highest BCUT2D eigenvalue weighted by Gasteiger charge is 2.18. The average Bonchev–Trinajstić information content (AvgIpc) is 2.39. The molecule has 1 aliphatic rings. The Balaban J connectivity index is 0.00000162. The molecule has 2 N–H and O–H groups in total. The molecular formula is C15H26N2O. The fourth-order valence-corrected chi connectivity index (χ4v) is 2.50. The summed E-state index contributed by atoms with van der Waals surface area (Å²) in [6, 6.07) is 6.06. The molecule has 0 atom stereocenters. The van der Waals surface area contributed by atoms with Gasteiger partial charge < -0.3 is 15.4 Å². The van der Waals surface area contributed by atoms with E-state index in [9.17, 15) is 0 Å². The second-order valence-corrected chi connectivity index (χ2v) is 4.76. The lowest BCUT2D eigenvalue weighted by atomic mass is 9.94. The number of nitrogen functional groups attached to an aromatic ring is 1. The minimum atomic E-state index is 0. The van der Waals surface area contributed by atoms with Gasteiger partial charge in [0.25, 0.3) is 0 Å². The molecule has 0 aliphatic carbocycles. The Labute approximate surface area is 111 Å². The second kappa shape index (κ2) is 6.53. The minimum Gasteiger partial charge on any atom is -0.495 e. The van der Waals surface area contributed by atoms with Gasteiger partial charge in [-0.3, -0.25) is 0 Å². The number of rotatable bonds is 3. The van der Waals surface area contributed by atoms with Gasteiger partial charge in [0.05, 0.1) is 12.8 Å². The van der Waals surface area contributed by atoms with Gasteiger partial charge in [-0.05, 0) is 30.9 Å². The summed E-state index contributed by atoms with van der Waals surface area (Å²) in [5.41, 5.74) is 7.77. The van der Waals surface area contributed by atoms with Crippen LogP contribution in [-0.2, 0) is 0 Å². The number of nitrogens with two attached hydrogens (primary N) is 1. The monoisotopic (exact) mass is 250 g/mol. The van der Waals surface area contributed by atoms with Crippen molar-refractivity contribution in [2.75, 3.05) is 30.8 Å². The van der Waals surface area contributed by atoms with Gasteiger partial charge in [0.2, 0.25) is 0 Å². The molecular weight excluding hydrogens is 224 g/mol. The zero-order valence-electron chi connectivity index (χ0n) is 10.8. The maximum atomic E-state index is 5.83. The number of hydrogen-bond donors (Lipinski definition) is 1. The van der Waals surface area contributed by atoms with Crippen molar-refractivity contribution in [1.29, 1.82) is 0 Å². The van der Waals surface area contributed by atoms with Crippen molar-refractivity contribution in [2.24, 2.45) is 5.92 Å². The summed E-state index contributed by atoms with van der Waals surface area (Å²) in [5.74, 6) is 1.68. The zero-order chi connectivity index (χ0) is 12.3. The third-order valence-electron chi connectivity index (χ3n) is 3.77. The molecule has 102 valence electrons. The predicted octanol–water partition coefficient (Wildman–Crippen LogP) is 3.54. The molecule has 1 aliphatic heterocycles. The molecule has 1 aromatic rings. The fraction of sp³-hybridized carbons (Fsp3) is 0.600. The Hall–Kier alpha value is -1.38. The minimum absolute atomic E-state index is 0. The number of hydrogen-bond acceptors (Lipinski definition) is 3. The normalized spacial score (nSPS) is 16.2. The van der Waals surface area contributed by atoms with Crippen LogP contribution in [0, 0.1) is 5.92 Å². The Morgan fingerprint density at radius 3 is 2.56 bits per heavy atom. The maximum absolute atomic E-state index is 5.83. The molecule has 0 spiro atoms. The lowest BCUT2D eigenvalue weighted by Crippen LogP contribution is -2.33. The molecule has 3 heteroatoms. The van der Waals surface area contributed by atoms with Gasteiger partial charge in [-0.1, -0.05) is 20.8 Å². The Bertz CT molecular complexity index is 371. The van der Waals surface area contributed by atoms with E-state index in [2.05, 4.69) is 17.9 Å². The SMILES string of the molecule is C.CCC1CCN(c2ccc(N)c(OC)c2)CC1. The van der Waals surface area contributed by atoms with Crippen molar-refractivity contribution in [3.8, 4) is 5.75 Å². The van der Waals surface area contributed by atoms with E-state index in [1.165, 1.54) is 24.9 Å². The first kappa shape index (κ1) is 14.7. The van der Waals surface area contributed by atoms with Crippen LogP contribution in [0.2, 0.25) is 0 Å². The van der Waals surface area contributed by atoms with Crippen molar-refractivity contribution >= 4 is 11.4 Å². The number of ether oxygens (including phenoxy) is 1. The van der Waals surface area contributed by atoms with Crippen LogP contribution in [0.4, 0.5) is 11.4 Å². The summed E-state index contributed by atoms with van der Waals surface area (Å²) in [6.45, 7) is 4.57.